The number of nitrogens with one attached hydrogen (secondary N) is 2. The smallest absolute Gasteiger partial charge is 0.260 e. The van der Waals surface area contributed by atoms with Gasteiger partial charge in [0, 0.05) is 43.8 Å². The number of aromatic nitrogens is 6. The molecule has 5 rings (SSSR count). The molecule has 0 saturated carbocycles. The quantitative estimate of drug-likeness (QED) is 0.507. The first-order chi connectivity index (χ1) is 15.4. The summed E-state index contributed by atoms with van der Waals surface area (Å²) < 4.78 is 1.67. The minimum Gasteiger partial charge on any atom is -0.352 e. The van der Waals surface area contributed by atoms with Crippen LogP contribution >= 0.6 is 0 Å². The number of rotatable bonds is 3. The normalized spacial score (nSPS) is 18.9. The molecule has 32 heavy (non-hydrogen) atoms. The lowest BCUT2D eigenvalue weighted by molar-refractivity contribution is 0.102. The van der Waals surface area contributed by atoms with Gasteiger partial charge >= 0.3 is 0 Å². The van der Waals surface area contributed by atoms with Crippen LogP contribution in [0.4, 0.5) is 11.6 Å². The molecular formula is C22H25N9O. The lowest BCUT2D eigenvalue weighted by atomic mass is 10.1. The average Bonchev–Trinajstić information content (AvgIpc) is 3.13. The maximum absolute atomic E-state index is 13.2. The maximum atomic E-state index is 13.2. The highest BCUT2D eigenvalue weighted by molar-refractivity contribution is 6.12. The van der Waals surface area contributed by atoms with E-state index in [9.17, 15) is 4.79 Å². The van der Waals surface area contributed by atoms with E-state index in [-0.39, 0.29) is 5.91 Å². The number of fused-ring (bicyclic) bond motifs is 2. The van der Waals surface area contributed by atoms with Crippen LogP contribution in [-0.2, 0) is 0 Å². The molecule has 0 aliphatic carbocycles. The monoisotopic (exact) mass is 431 g/mol. The largest absolute Gasteiger partial charge is 0.352 e. The Hall–Kier alpha value is -3.66. The highest BCUT2D eigenvalue weighted by atomic mass is 16.1. The van der Waals surface area contributed by atoms with Gasteiger partial charge in [-0.1, -0.05) is 0 Å². The maximum Gasteiger partial charge on any atom is 0.260 e. The number of amides is 1. The van der Waals surface area contributed by atoms with Gasteiger partial charge in [0.2, 0.25) is 0 Å². The third-order valence-electron chi connectivity index (χ3n) is 5.55. The second kappa shape index (κ2) is 7.79. The van der Waals surface area contributed by atoms with Crippen LogP contribution in [0.3, 0.4) is 0 Å². The molecule has 4 aromatic heterocycles. The predicted octanol–water partition coefficient (Wildman–Crippen LogP) is 2.12. The molecule has 4 aromatic rings. The summed E-state index contributed by atoms with van der Waals surface area (Å²) in [6.07, 6.45) is 6.62. The van der Waals surface area contributed by atoms with Crippen LogP contribution in [0.15, 0.2) is 30.9 Å². The summed E-state index contributed by atoms with van der Waals surface area (Å²) in [6, 6.07) is 2.45. The van der Waals surface area contributed by atoms with E-state index < -0.39 is 0 Å². The topological polar surface area (TPSA) is 113 Å². The fraction of sp³-hybridized carbons (Fsp3) is 0.364. The zero-order valence-corrected chi connectivity index (χ0v) is 18.5. The Balaban J connectivity index is 1.50. The van der Waals surface area contributed by atoms with Crippen molar-refractivity contribution in [3.05, 3.63) is 47.7 Å². The van der Waals surface area contributed by atoms with Crippen LogP contribution in [0.25, 0.3) is 16.7 Å². The predicted molar refractivity (Wildman–Crippen MR) is 122 cm³/mol. The average molecular weight is 432 g/mol. The summed E-state index contributed by atoms with van der Waals surface area (Å²) in [5, 5.41) is 10.9. The first-order valence-electron chi connectivity index (χ1n) is 10.6. The van der Waals surface area contributed by atoms with Gasteiger partial charge in [-0.25, -0.2) is 19.5 Å². The molecule has 2 N–H and O–H groups in total. The summed E-state index contributed by atoms with van der Waals surface area (Å²) in [7, 11) is 0. The van der Waals surface area contributed by atoms with E-state index in [0.717, 1.165) is 35.8 Å². The molecule has 2 atom stereocenters. The van der Waals surface area contributed by atoms with Crippen molar-refractivity contribution in [3.8, 4) is 0 Å². The number of carbonyl (C=O) groups excluding carboxylic acids is 1. The van der Waals surface area contributed by atoms with Crippen molar-refractivity contribution in [2.75, 3.05) is 23.3 Å². The summed E-state index contributed by atoms with van der Waals surface area (Å²) in [5.41, 5.74) is 4.04. The molecule has 1 aliphatic rings. The summed E-state index contributed by atoms with van der Waals surface area (Å²) in [6.45, 7) is 9.75. The minimum atomic E-state index is -0.334. The second-order valence-corrected chi connectivity index (χ2v) is 8.44. The SMILES string of the molecule is Cc1cn2nc(NC(=O)c3cnc(N4C[C@@H](C)N[C@@H](C)C4)c4nccnc34)cc(C)c2n1. The van der Waals surface area contributed by atoms with Crippen molar-refractivity contribution < 1.29 is 4.79 Å². The van der Waals surface area contributed by atoms with E-state index in [1.54, 1.807) is 29.2 Å². The molecular weight excluding hydrogens is 406 g/mol. The number of piperazine rings is 1. The Labute approximate surface area is 185 Å². The molecule has 1 saturated heterocycles. The van der Waals surface area contributed by atoms with E-state index >= 15 is 0 Å². The first-order valence-corrected chi connectivity index (χ1v) is 10.6. The van der Waals surface area contributed by atoms with E-state index in [1.807, 2.05) is 20.0 Å². The standard InChI is InChI=1S/C22H25N9O/c1-12-7-17(29-31-11-15(4)27-20(12)31)28-22(32)16-8-25-21(19-18(16)23-5-6-24-19)30-9-13(2)26-14(3)10-30/h5-8,11,13-14,26H,9-10H2,1-4H3,(H,28,29,32)/t13-,14+. The number of nitrogens with zero attached hydrogens (tertiary/aromatic N) is 7. The summed E-state index contributed by atoms with van der Waals surface area (Å²) in [5.74, 6) is 0.845. The summed E-state index contributed by atoms with van der Waals surface area (Å²) in [4.78, 5) is 33.4. The first kappa shape index (κ1) is 20.3. The van der Waals surface area contributed by atoms with E-state index in [1.165, 1.54) is 0 Å². The van der Waals surface area contributed by atoms with Gasteiger partial charge in [-0.05, 0) is 39.3 Å². The Morgan fingerprint density at radius 2 is 1.81 bits per heavy atom. The Morgan fingerprint density at radius 3 is 2.56 bits per heavy atom. The molecule has 0 spiro atoms. The number of hydrogen-bond acceptors (Lipinski definition) is 8. The van der Waals surface area contributed by atoms with Crippen LogP contribution in [0.1, 0.15) is 35.5 Å². The molecule has 0 radical (unpaired) electrons. The summed E-state index contributed by atoms with van der Waals surface area (Å²) >= 11 is 0. The number of hydrogen-bond donors (Lipinski definition) is 2. The Morgan fingerprint density at radius 1 is 1.09 bits per heavy atom. The van der Waals surface area contributed by atoms with Crippen molar-refractivity contribution in [2.45, 2.75) is 39.8 Å². The molecule has 0 aromatic carbocycles. The van der Waals surface area contributed by atoms with E-state index in [2.05, 4.69) is 54.4 Å². The number of aryl methyl sites for hydroxylation is 2. The number of anilines is 2. The lowest BCUT2D eigenvalue weighted by Gasteiger charge is -2.37. The van der Waals surface area contributed by atoms with Gasteiger partial charge in [-0.15, -0.1) is 5.10 Å². The molecule has 1 fully saturated rings. The number of carbonyl (C=O) groups is 1. The van der Waals surface area contributed by atoms with Gasteiger partial charge < -0.3 is 15.5 Å². The zero-order valence-electron chi connectivity index (χ0n) is 18.5. The third-order valence-corrected chi connectivity index (χ3v) is 5.55. The van der Waals surface area contributed by atoms with Gasteiger partial charge in [0.15, 0.2) is 17.3 Å². The van der Waals surface area contributed by atoms with Crippen LogP contribution in [0.5, 0.6) is 0 Å². The molecule has 10 heteroatoms. The molecule has 0 bridgehead atoms. The fourth-order valence-electron chi connectivity index (χ4n) is 4.33. The van der Waals surface area contributed by atoms with Crippen LogP contribution in [0.2, 0.25) is 0 Å². The van der Waals surface area contributed by atoms with Crippen molar-refractivity contribution in [2.24, 2.45) is 0 Å². The Kier molecular flexibility index (Phi) is 4.93. The van der Waals surface area contributed by atoms with Gasteiger partial charge in [-0.3, -0.25) is 9.78 Å². The van der Waals surface area contributed by atoms with Gasteiger partial charge in [-0.2, -0.15) is 0 Å². The van der Waals surface area contributed by atoms with E-state index in [4.69, 9.17) is 0 Å². The lowest BCUT2D eigenvalue weighted by Crippen LogP contribution is -2.54. The highest BCUT2D eigenvalue weighted by Gasteiger charge is 2.25. The zero-order chi connectivity index (χ0) is 22.4. The molecule has 1 amide bonds. The van der Waals surface area contributed by atoms with Crippen molar-refractivity contribution >= 4 is 34.2 Å². The van der Waals surface area contributed by atoms with Gasteiger partial charge in [0.25, 0.3) is 5.91 Å². The van der Waals surface area contributed by atoms with Crippen molar-refractivity contribution in [1.82, 2.24) is 34.9 Å². The third kappa shape index (κ3) is 3.62. The van der Waals surface area contributed by atoms with Crippen molar-refractivity contribution in [1.29, 1.82) is 0 Å². The van der Waals surface area contributed by atoms with Crippen LogP contribution in [-0.4, -0.2) is 60.6 Å². The van der Waals surface area contributed by atoms with Crippen LogP contribution < -0.4 is 15.5 Å². The van der Waals surface area contributed by atoms with Crippen LogP contribution in [0, 0.1) is 13.8 Å². The number of pyridine rings is 1. The minimum absolute atomic E-state index is 0.325. The molecule has 1 aliphatic heterocycles. The molecule has 5 heterocycles. The van der Waals surface area contributed by atoms with Gasteiger partial charge in [0.05, 0.1) is 17.5 Å². The molecule has 0 unspecified atom stereocenters. The molecule has 164 valence electrons. The molecule has 10 nitrogen and oxygen atoms in total. The van der Waals surface area contributed by atoms with Gasteiger partial charge in [0.1, 0.15) is 11.0 Å². The Bertz CT molecular complexity index is 1320. The van der Waals surface area contributed by atoms with E-state index in [0.29, 0.717) is 34.5 Å². The second-order valence-electron chi connectivity index (χ2n) is 8.44. The van der Waals surface area contributed by atoms with Crippen molar-refractivity contribution in [3.63, 3.8) is 0 Å². The number of imidazole rings is 1. The fourth-order valence-corrected chi connectivity index (χ4v) is 4.33. The highest BCUT2D eigenvalue weighted by Crippen LogP contribution is 2.26.